The maximum absolute atomic E-state index is 14.5. The molecule has 1 atom stereocenters. The van der Waals surface area contributed by atoms with E-state index in [1.807, 2.05) is 32.0 Å². The number of allylic oxidation sites excluding steroid dienone is 1. The summed E-state index contributed by atoms with van der Waals surface area (Å²) < 4.78 is 20.8. The average molecular weight is 501 g/mol. The molecule has 1 unspecified atom stereocenters. The Kier molecular flexibility index (Phi) is 4.89. The van der Waals surface area contributed by atoms with Gasteiger partial charge in [-0.15, -0.1) is 0 Å². The van der Waals surface area contributed by atoms with Gasteiger partial charge in [0.25, 0.3) is 5.91 Å². The smallest absolute Gasteiger partial charge is 0.276 e. The molecule has 4 fully saturated rings. The number of hydrogen-bond acceptors (Lipinski definition) is 8. The van der Waals surface area contributed by atoms with Crippen molar-refractivity contribution in [2.24, 2.45) is 5.41 Å². The topological polar surface area (TPSA) is 135 Å². The number of halogens is 1. The highest BCUT2D eigenvalue weighted by Crippen LogP contribution is 2.67. The quantitative estimate of drug-likeness (QED) is 0.545. The van der Waals surface area contributed by atoms with Gasteiger partial charge in [0, 0.05) is 17.7 Å². The number of aryl methyl sites for hydroxylation is 2. The third-order valence-corrected chi connectivity index (χ3v) is 7.87. The predicted octanol–water partition coefficient (Wildman–Crippen LogP) is 4.01. The Labute approximate surface area is 213 Å². The van der Waals surface area contributed by atoms with E-state index in [9.17, 15) is 19.6 Å². The number of alkyl halides is 1. The number of nitrogens with zero attached hydrogens (tertiary/aromatic N) is 5. The Bertz CT molecular complexity index is 1430. The number of nitrogens with one attached hydrogen (secondary N) is 1. The normalized spacial score (nSPS) is 29.2. The Morgan fingerprint density at radius 1 is 1.24 bits per heavy atom. The molecule has 5 aliphatic rings. The molecule has 0 radical (unpaired) electrons. The van der Waals surface area contributed by atoms with Gasteiger partial charge in [0.2, 0.25) is 17.6 Å². The molecule has 10 heteroatoms. The number of benzene rings is 1. The standard InChI is InChI=1S/C27H25FN6O3/c1-15-8-17(4-3-7-29)9-16(2)21(15)37-22-19-20(23(35)34(18-5-6-18)27(19,36)13-28)31-24(32-22)33-26-10-25(11-26,12-26)14-30/h3-4,8-9,18,36H,5-6,10-13H2,1-2H3,(H,31,32,33)/b4-3+. The summed E-state index contributed by atoms with van der Waals surface area (Å²) in [5.41, 5.74) is -0.698. The fourth-order valence-corrected chi connectivity index (χ4v) is 6.17. The minimum Gasteiger partial charge on any atom is -0.438 e. The van der Waals surface area contributed by atoms with E-state index < -0.39 is 18.3 Å². The van der Waals surface area contributed by atoms with Gasteiger partial charge in [-0.1, -0.05) is 0 Å². The molecule has 2 bridgehead atoms. The van der Waals surface area contributed by atoms with Gasteiger partial charge in [-0.2, -0.15) is 15.5 Å². The summed E-state index contributed by atoms with van der Waals surface area (Å²) in [6.07, 6.45) is 6.40. The number of aromatic nitrogens is 2. The predicted molar refractivity (Wildman–Crippen MR) is 130 cm³/mol. The zero-order valence-electron chi connectivity index (χ0n) is 20.5. The van der Waals surface area contributed by atoms with Gasteiger partial charge in [0.15, 0.2) is 0 Å². The van der Waals surface area contributed by atoms with Crippen LogP contribution in [-0.4, -0.2) is 44.1 Å². The van der Waals surface area contributed by atoms with E-state index >= 15 is 0 Å². The van der Waals surface area contributed by atoms with E-state index in [0.29, 0.717) is 37.9 Å². The molecule has 9 nitrogen and oxygen atoms in total. The molecular weight excluding hydrogens is 475 g/mol. The number of nitriles is 2. The van der Waals surface area contributed by atoms with Crippen LogP contribution in [0.1, 0.15) is 64.8 Å². The summed E-state index contributed by atoms with van der Waals surface area (Å²) in [6, 6.07) is 7.73. The molecule has 1 aliphatic heterocycles. The van der Waals surface area contributed by atoms with Crippen LogP contribution in [0.15, 0.2) is 18.2 Å². The number of anilines is 1. The van der Waals surface area contributed by atoms with Crippen molar-refractivity contribution in [3.05, 3.63) is 46.2 Å². The van der Waals surface area contributed by atoms with Gasteiger partial charge in [-0.05, 0) is 80.9 Å². The Balaban J connectivity index is 1.43. The number of ether oxygens (including phenoxy) is 1. The zero-order chi connectivity index (χ0) is 26.2. The van der Waals surface area contributed by atoms with Crippen LogP contribution in [0, 0.1) is 41.9 Å². The summed E-state index contributed by atoms with van der Waals surface area (Å²) in [7, 11) is 0. The van der Waals surface area contributed by atoms with E-state index in [1.165, 1.54) is 11.0 Å². The lowest BCUT2D eigenvalue weighted by molar-refractivity contribution is -0.104. The van der Waals surface area contributed by atoms with Crippen molar-refractivity contribution in [1.29, 1.82) is 10.5 Å². The third-order valence-electron chi connectivity index (χ3n) is 7.87. The molecule has 1 aromatic carbocycles. The number of carbonyl (C=O) groups excluding carboxylic acids is 1. The molecule has 188 valence electrons. The van der Waals surface area contributed by atoms with Crippen LogP contribution in [0.4, 0.5) is 10.3 Å². The first-order valence-corrected chi connectivity index (χ1v) is 12.3. The second-order valence-electron chi connectivity index (χ2n) is 10.8. The highest BCUT2D eigenvalue weighted by molar-refractivity contribution is 5.99. The molecule has 4 saturated carbocycles. The minimum absolute atomic E-state index is 0.0733. The van der Waals surface area contributed by atoms with Gasteiger partial charge >= 0.3 is 0 Å². The first-order chi connectivity index (χ1) is 17.7. The number of aliphatic hydroxyl groups is 1. The van der Waals surface area contributed by atoms with Crippen LogP contribution in [0.3, 0.4) is 0 Å². The van der Waals surface area contributed by atoms with Crippen molar-refractivity contribution in [3.63, 3.8) is 0 Å². The van der Waals surface area contributed by atoms with Crippen molar-refractivity contribution >= 4 is 17.9 Å². The Morgan fingerprint density at radius 3 is 2.49 bits per heavy atom. The molecule has 4 aliphatic carbocycles. The third kappa shape index (κ3) is 3.40. The van der Waals surface area contributed by atoms with Crippen molar-refractivity contribution in [1.82, 2.24) is 14.9 Å². The molecule has 7 rings (SSSR count). The molecule has 0 spiro atoms. The van der Waals surface area contributed by atoms with E-state index in [1.54, 1.807) is 6.08 Å². The SMILES string of the molecule is Cc1cc(/C=C/C#N)cc(C)c1Oc1nc(NC23CC(C#N)(C2)C3)nc2c1C(O)(CF)N(C1CC1)C2=O. The van der Waals surface area contributed by atoms with Gasteiger partial charge in [-0.3, -0.25) is 9.69 Å². The second-order valence-corrected chi connectivity index (χ2v) is 10.8. The van der Waals surface area contributed by atoms with Gasteiger partial charge in [-0.25, -0.2) is 9.37 Å². The highest BCUT2D eigenvalue weighted by Gasteiger charge is 2.69. The van der Waals surface area contributed by atoms with Gasteiger partial charge < -0.3 is 15.2 Å². The first-order valence-electron chi connectivity index (χ1n) is 12.3. The fourth-order valence-electron chi connectivity index (χ4n) is 6.17. The maximum Gasteiger partial charge on any atom is 0.276 e. The molecule has 37 heavy (non-hydrogen) atoms. The molecule has 0 saturated heterocycles. The fraction of sp³-hybridized carbons (Fsp3) is 0.444. The van der Waals surface area contributed by atoms with Crippen LogP contribution >= 0.6 is 0 Å². The lowest BCUT2D eigenvalue weighted by Gasteiger charge is -2.66. The summed E-state index contributed by atoms with van der Waals surface area (Å²) in [6.45, 7) is 2.44. The van der Waals surface area contributed by atoms with Crippen molar-refractivity contribution < 1.29 is 19.0 Å². The van der Waals surface area contributed by atoms with Crippen LogP contribution in [0.5, 0.6) is 11.6 Å². The van der Waals surface area contributed by atoms with Crippen molar-refractivity contribution in [2.75, 3.05) is 12.0 Å². The van der Waals surface area contributed by atoms with Gasteiger partial charge in [0.05, 0.1) is 17.6 Å². The molecule has 2 heterocycles. The zero-order valence-corrected chi connectivity index (χ0v) is 20.5. The number of amides is 1. The summed E-state index contributed by atoms with van der Waals surface area (Å²) >= 11 is 0. The molecule has 2 aromatic rings. The van der Waals surface area contributed by atoms with Crippen LogP contribution in [-0.2, 0) is 5.72 Å². The van der Waals surface area contributed by atoms with E-state index in [4.69, 9.17) is 10.00 Å². The average Bonchev–Trinajstić information content (AvgIpc) is 3.62. The first kappa shape index (κ1) is 23.4. The molecule has 1 aromatic heterocycles. The number of rotatable bonds is 7. The van der Waals surface area contributed by atoms with Crippen LogP contribution in [0.2, 0.25) is 0 Å². The minimum atomic E-state index is -2.22. The number of hydrogen-bond donors (Lipinski definition) is 2. The molecule has 1 amide bonds. The summed E-state index contributed by atoms with van der Waals surface area (Å²) in [5.74, 6) is -0.0359. The van der Waals surface area contributed by atoms with E-state index in [-0.39, 0.29) is 40.1 Å². The van der Waals surface area contributed by atoms with Gasteiger partial charge in [0.1, 0.15) is 23.7 Å². The van der Waals surface area contributed by atoms with E-state index in [0.717, 1.165) is 16.7 Å². The lowest BCUT2D eigenvalue weighted by Crippen LogP contribution is -2.70. The Morgan fingerprint density at radius 2 is 1.92 bits per heavy atom. The molecule has 2 N–H and O–H groups in total. The Hall–Kier alpha value is -4.02. The summed E-state index contributed by atoms with van der Waals surface area (Å²) in [5, 5.41) is 32.9. The maximum atomic E-state index is 14.5. The van der Waals surface area contributed by atoms with Crippen LogP contribution < -0.4 is 10.1 Å². The highest BCUT2D eigenvalue weighted by atomic mass is 19.1. The number of fused-ring (bicyclic) bond motifs is 1. The molecular formula is C27H25FN6O3. The second kappa shape index (κ2) is 7.74. The monoisotopic (exact) mass is 500 g/mol. The summed E-state index contributed by atoms with van der Waals surface area (Å²) in [4.78, 5) is 23.5. The van der Waals surface area contributed by atoms with Crippen molar-refractivity contribution in [3.8, 4) is 23.8 Å². The van der Waals surface area contributed by atoms with E-state index in [2.05, 4.69) is 21.4 Å². The lowest BCUT2D eigenvalue weighted by atomic mass is 9.40. The van der Waals surface area contributed by atoms with Crippen molar-refractivity contribution in [2.45, 2.75) is 63.3 Å². The largest absolute Gasteiger partial charge is 0.438 e. The van der Waals surface area contributed by atoms with Crippen LogP contribution in [0.25, 0.3) is 6.08 Å². The number of carbonyl (C=O) groups is 1.